The number of hydrogen-bond acceptors (Lipinski definition) is 2. The normalized spacial score (nSPS) is 25.4. The lowest BCUT2D eigenvalue weighted by Gasteiger charge is -2.25. The van der Waals surface area contributed by atoms with Crippen molar-refractivity contribution in [3.63, 3.8) is 0 Å². The molecule has 1 aromatic rings. The van der Waals surface area contributed by atoms with Crippen LogP contribution >= 0.6 is 9.24 Å². The summed E-state index contributed by atoms with van der Waals surface area (Å²) in [5.74, 6) is 0.507. The minimum Gasteiger partial charge on any atom is -0.351 e. The molecular weight excluding hydrogens is 353 g/mol. The lowest BCUT2D eigenvalue weighted by Crippen LogP contribution is -2.28. The Morgan fingerprint density at radius 2 is 1.89 bits per heavy atom. The Morgan fingerprint density at radius 1 is 1.11 bits per heavy atom. The van der Waals surface area contributed by atoms with Crippen LogP contribution in [0.1, 0.15) is 79.2 Å². The SMILES string of the molecule is O=C(NCCC1C=CC=C[C@H]1P)c1nn(C2CCCCC2)c2c1CCCC2. The molecule has 3 atom stereocenters. The summed E-state index contributed by atoms with van der Waals surface area (Å²) >= 11 is 0. The van der Waals surface area contributed by atoms with Gasteiger partial charge in [-0.2, -0.15) is 5.10 Å². The van der Waals surface area contributed by atoms with Crippen LogP contribution in [0.5, 0.6) is 0 Å². The molecule has 146 valence electrons. The lowest BCUT2D eigenvalue weighted by molar-refractivity contribution is 0.0944. The molecule has 4 nitrogen and oxygen atoms in total. The first kappa shape index (κ1) is 18.9. The van der Waals surface area contributed by atoms with Gasteiger partial charge in [0.15, 0.2) is 5.69 Å². The van der Waals surface area contributed by atoms with Crippen LogP contribution in [0.4, 0.5) is 0 Å². The molecule has 1 heterocycles. The van der Waals surface area contributed by atoms with Crippen molar-refractivity contribution >= 4 is 15.1 Å². The van der Waals surface area contributed by atoms with Gasteiger partial charge in [-0.1, -0.05) is 43.6 Å². The molecule has 0 spiro atoms. The molecule has 1 saturated carbocycles. The van der Waals surface area contributed by atoms with Gasteiger partial charge in [-0.3, -0.25) is 9.48 Å². The summed E-state index contributed by atoms with van der Waals surface area (Å²) in [4.78, 5) is 12.9. The van der Waals surface area contributed by atoms with Gasteiger partial charge in [0, 0.05) is 17.8 Å². The Hall–Kier alpha value is -1.41. The topological polar surface area (TPSA) is 46.9 Å². The number of carbonyl (C=O) groups is 1. The van der Waals surface area contributed by atoms with Crippen LogP contribution in [-0.4, -0.2) is 27.9 Å². The van der Waals surface area contributed by atoms with Gasteiger partial charge in [0.05, 0.1) is 6.04 Å². The molecule has 3 aliphatic rings. The number of fused-ring (bicyclic) bond motifs is 1. The lowest BCUT2D eigenvalue weighted by atomic mass is 9.92. The predicted molar refractivity (Wildman–Crippen MR) is 113 cm³/mol. The Balaban J connectivity index is 1.44. The third-order valence-electron chi connectivity index (χ3n) is 6.40. The first-order chi connectivity index (χ1) is 13.2. The molecule has 3 aliphatic carbocycles. The van der Waals surface area contributed by atoms with E-state index in [9.17, 15) is 4.79 Å². The molecule has 27 heavy (non-hydrogen) atoms. The Labute approximate surface area is 165 Å². The molecule has 1 N–H and O–H groups in total. The number of amides is 1. The Kier molecular flexibility index (Phi) is 6.12. The van der Waals surface area contributed by atoms with Crippen molar-refractivity contribution in [2.75, 3.05) is 6.54 Å². The number of aromatic nitrogens is 2. The molecule has 4 rings (SSSR count). The molecule has 1 aromatic heterocycles. The number of nitrogens with one attached hydrogen (secondary N) is 1. The van der Waals surface area contributed by atoms with Gasteiger partial charge in [0.2, 0.25) is 0 Å². The van der Waals surface area contributed by atoms with Gasteiger partial charge in [0.25, 0.3) is 5.91 Å². The highest BCUT2D eigenvalue weighted by Gasteiger charge is 2.28. The molecule has 5 heteroatoms. The van der Waals surface area contributed by atoms with E-state index >= 15 is 0 Å². The van der Waals surface area contributed by atoms with E-state index in [4.69, 9.17) is 5.10 Å². The molecule has 0 saturated heterocycles. The van der Waals surface area contributed by atoms with E-state index in [-0.39, 0.29) is 5.91 Å². The average Bonchev–Trinajstić information content (AvgIpc) is 3.10. The minimum absolute atomic E-state index is 0.0262. The summed E-state index contributed by atoms with van der Waals surface area (Å²) in [5.41, 5.74) is 3.75. The van der Waals surface area contributed by atoms with E-state index in [0.29, 0.717) is 29.9 Å². The van der Waals surface area contributed by atoms with E-state index < -0.39 is 0 Å². The summed E-state index contributed by atoms with van der Waals surface area (Å²) in [6, 6.07) is 0.504. The van der Waals surface area contributed by atoms with Crippen molar-refractivity contribution in [3.05, 3.63) is 41.3 Å². The number of allylic oxidation sites excluding steroid dienone is 4. The molecule has 0 bridgehead atoms. The molecule has 2 unspecified atom stereocenters. The Bertz CT molecular complexity index is 730. The van der Waals surface area contributed by atoms with E-state index in [0.717, 1.165) is 19.3 Å². The summed E-state index contributed by atoms with van der Waals surface area (Å²) in [6.07, 6.45) is 20.5. The molecule has 0 aromatic carbocycles. The smallest absolute Gasteiger partial charge is 0.272 e. The van der Waals surface area contributed by atoms with Crippen molar-refractivity contribution in [2.24, 2.45) is 5.92 Å². The first-order valence-corrected chi connectivity index (χ1v) is 11.4. The summed E-state index contributed by atoms with van der Waals surface area (Å²) in [5, 5.41) is 8.02. The quantitative estimate of drug-likeness (QED) is 0.765. The summed E-state index contributed by atoms with van der Waals surface area (Å²) in [7, 11) is 2.89. The second-order valence-electron chi connectivity index (χ2n) is 8.27. The van der Waals surface area contributed by atoms with Crippen LogP contribution in [0.15, 0.2) is 24.3 Å². The van der Waals surface area contributed by atoms with E-state index in [1.165, 1.54) is 56.2 Å². The second-order valence-corrected chi connectivity index (χ2v) is 9.04. The van der Waals surface area contributed by atoms with Crippen LogP contribution in [0.2, 0.25) is 0 Å². The fourth-order valence-corrected chi connectivity index (χ4v) is 5.28. The fourth-order valence-electron chi connectivity index (χ4n) is 4.83. The van der Waals surface area contributed by atoms with Crippen LogP contribution in [-0.2, 0) is 12.8 Å². The van der Waals surface area contributed by atoms with Gasteiger partial charge in [-0.15, -0.1) is 9.24 Å². The van der Waals surface area contributed by atoms with Crippen LogP contribution in [0, 0.1) is 5.92 Å². The zero-order chi connectivity index (χ0) is 18.6. The summed E-state index contributed by atoms with van der Waals surface area (Å²) < 4.78 is 2.25. The predicted octanol–water partition coefficient (Wildman–Crippen LogP) is 4.37. The maximum Gasteiger partial charge on any atom is 0.272 e. The maximum atomic E-state index is 12.9. The van der Waals surface area contributed by atoms with Crippen LogP contribution < -0.4 is 5.32 Å². The van der Waals surface area contributed by atoms with Crippen LogP contribution in [0.25, 0.3) is 0 Å². The van der Waals surface area contributed by atoms with Crippen LogP contribution in [0.3, 0.4) is 0 Å². The molecule has 1 amide bonds. The van der Waals surface area contributed by atoms with Crippen molar-refractivity contribution < 1.29 is 4.79 Å². The monoisotopic (exact) mass is 385 g/mol. The highest BCUT2D eigenvalue weighted by atomic mass is 31.0. The van der Waals surface area contributed by atoms with Crippen molar-refractivity contribution in [3.8, 4) is 0 Å². The van der Waals surface area contributed by atoms with Gasteiger partial charge in [-0.05, 0) is 56.5 Å². The van der Waals surface area contributed by atoms with Crippen molar-refractivity contribution in [2.45, 2.75) is 75.9 Å². The largest absolute Gasteiger partial charge is 0.351 e. The average molecular weight is 385 g/mol. The third-order valence-corrected chi connectivity index (χ3v) is 7.12. The number of carbonyl (C=O) groups excluding carboxylic acids is 1. The van der Waals surface area contributed by atoms with Gasteiger partial charge in [-0.25, -0.2) is 0 Å². The number of rotatable bonds is 5. The van der Waals surface area contributed by atoms with E-state index in [1.54, 1.807) is 0 Å². The van der Waals surface area contributed by atoms with Crippen molar-refractivity contribution in [1.82, 2.24) is 15.1 Å². The van der Waals surface area contributed by atoms with Gasteiger partial charge in [0.1, 0.15) is 0 Å². The van der Waals surface area contributed by atoms with Gasteiger partial charge < -0.3 is 5.32 Å². The first-order valence-electron chi connectivity index (χ1n) is 10.7. The van der Waals surface area contributed by atoms with Gasteiger partial charge >= 0.3 is 0 Å². The zero-order valence-electron chi connectivity index (χ0n) is 16.2. The molecule has 0 aliphatic heterocycles. The minimum atomic E-state index is 0.0262. The second kappa shape index (κ2) is 8.73. The third kappa shape index (κ3) is 4.21. The fraction of sp³-hybridized carbons (Fsp3) is 0.636. The number of hydrogen-bond donors (Lipinski definition) is 1. The molecular formula is C22H32N3OP. The molecule has 0 radical (unpaired) electrons. The van der Waals surface area contributed by atoms with E-state index in [1.807, 2.05) is 0 Å². The van der Waals surface area contributed by atoms with Crippen molar-refractivity contribution in [1.29, 1.82) is 0 Å². The number of nitrogens with zero attached hydrogens (tertiary/aromatic N) is 2. The summed E-state index contributed by atoms with van der Waals surface area (Å²) in [6.45, 7) is 0.706. The zero-order valence-corrected chi connectivity index (χ0v) is 17.4. The molecule has 1 fully saturated rings. The highest BCUT2D eigenvalue weighted by Crippen LogP contribution is 2.33. The highest BCUT2D eigenvalue weighted by molar-refractivity contribution is 7.18. The van der Waals surface area contributed by atoms with E-state index in [2.05, 4.69) is 43.5 Å². The Morgan fingerprint density at radius 3 is 2.70 bits per heavy atom. The standard InChI is InChI=1S/C22H32N3OP/c26-22(23-15-14-16-8-4-7-13-20(16)27)21-18-11-5-6-12-19(18)25(24-21)17-9-2-1-3-10-17/h4,7-8,13,16-17,20H,1-3,5-6,9-12,14-15,27H2,(H,23,26)/t16?,20-/m1/s1. The maximum absolute atomic E-state index is 12.9.